The van der Waals surface area contributed by atoms with Crippen LogP contribution in [0.1, 0.15) is 47.1 Å². The lowest BCUT2D eigenvalue weighted by Crippen LogP contribution is -2.39. The Bertz CT molecular complexity index is 447. The minimum absolute atomic E-state index is 0.00169. The molecule has 0 saturated carbocycles. The van der Waals surface area contributed by atoms with Crippen LogP contribution in [0.15, 0.2) is 24.3 Å². The summed E-state index contributed by atoms with van der Waals surface area (Å²) in [6.45, 7) is 12.6. The summed E-state index contributed by atoms with van der Waals surface area (Å²) in [5.41, 5.74) is 1.11. The third-order valence-electron chi connectivity index (χ3n) is 3.44. The van der Waals surface area contributed by atoms with Gasteiger partial charge in [-0.1, -0.05) is 52.8 Å². The fraction of sp³-hybridized carbons (Fsp3) is 0.588. The Morgan fingerprint density at radius 2 is 1.80 bits per heavy atom. The largest absolute Gasteiger partial charge is 0.483 e. The molecule has 1 N–H and O–H groups in total. The maximum absolute atomic E-state index is 11.9. The van der Waals surface area contributed by atoms with Crippen molar-refractivity contribution in [3.63, 3.8) is 0 Å². The number of hydrogen-bond acceptors (Lipinski definition) is 2. The lowest BCUT2D eigenvalue weighted by Gasteiger charge is -2.23. The first kappa shape index (κ1) is 16.5. The number of amides is 1. The molecule has 1 aromatic carbocycles. The summed E-state index contributed by atoms with van der Waals surface area (Å²) >= 11 is 0. The van der Waals surface area contributed by atoms with Gasteiger partial charge in [0, 0.05) is 6.04 Å². The highest BCUT2D eigenvalue weighted by atomic mass is 16.5. The molecule has 1 amide bonds. The normalized spacial score (nSPS) is 13.2. The van der Waals surface area contributed by atoms with E-state index < -0.39 is 0 Å². The predicted molar refractivity (Wildman–Crippen MR) is 83.1 cm³/mol. The first-order valence-electron chi connectivity index (χ1n) is 7.23. The van der Waals surface area contributed by atoms with Gasteiger partial charge in [-0.3, -0.25) is 4.79 Å². The zero-order valence-electron chi connectivity index (χ0n) is 13.5. The van der Waals surface area contributed by atoms with E-state index in [0.717, 1.165) is 11.3 Å². The van der Waals surface area contributed by atoms with Gasteiger partial charge >= 0.3 is 0 Å². The van der Waals surface area contributed by atoms with Gasteiger partial charge in [0.25, 0.3) is 5.91 Å². The molecule has 3 nitrogen and oxygen atoms in total. The summed E-state index contributed by atoms with van der Waals surface area (Å²) < 4.78 is 5.69. The van der Waals surface area contributed by atoms with E-state index in [1.807, 2.05) is 31.2 Å². The number of carbonyl (C=O) groups is 1. The first-order valence-corrected chi connectivity index (χ1v) is 7.23. The zero-order valence-corrected chi connectivity index (χ0v) is 13.5. The van der Waals surface area contributed by atoms with E-state index in [9.17, 15) is 4.79 Å². The number of nitrogens with one attached hydrogen (secondary N) is 1. The number of carbonyl (C=O) groups excluding carboxylic acids is 1. The summed E-state index contributed by atoms with van der Waals surface area (Å²) in [6, 6.07) is 8.04. The Hall–Kier alpha value is -1.51. The summed E-state index contributed by atoms with van der Waals surface area (Å²) in [5, 5.41) is 2.94. The molecule has 20 heavy (non-hydrogen) atoms. The molecule has 0 saturated heterocycles. The van der Waals surface area contributed by atoms with Crippen LogP contribution in [0, 0.1) is 5.92 Å². The van der Waals surface area contributed by atoms with Crippen molar-refractivity contribution in [2.24, 2.45) is 5.92 Å². The Morgan fingerprint density at radius 3 is 2.35 bits per heavy atom. The Kier molecular flexibility index (Phi) is 5.61. The van der Waals surface area contributed by atoms with E-state index in [0.29, 0.717) is 5.92 Å². The minimum atomic E-state index is -0.0742. The van der Waals surface area contributed by atoms with E-state index in [-0.39, 0.29) is 24.0 Å². The average Bonchev–Trinajstić information content (AvgIpc) is 2.35. The maximum atomic E-state index is 11.9. The molecule has 0 heterocycles. The molecule has 112 valence electrons. The van der Waals surface area contributed by atoms with Crippen molar-refractivity contribution in [3.05, 3.63) is 29.8 Å². The lowest BCUT2D eigenvalue weighted by atomic mass is 9.86. The third kappa shape index (κ3) is 4.87. The molecular weight excluding hydrogens is 250 g/mol. The van der Waals surface area contributed by atoms with Crippen LogP contribution in [0.25, 0.3) is 0 Å². The van der Waals surface area contributed by atoms with Crippen molar-refractivity contribution in [1.82, 2.24) is 5.32 Å². The second kappa shape index (κ2) is 6.78. The predicted octanol–water partition coefficient (Wildman–Crippen LogP) is 3.52. The third-order valence-corrected chi connectivity index (χ3v) is 3.44. The van der Waals surface area contributed by atoms with E-state index in [1.165, 1.54) is 0 Å². The van der Waals surface area contributed by atoms with Crippen LogP contribution in [0.5, 0.6) is 5.75 Å². The van der Waals surface area contributed by atoms with Gasteiger partial charge in [-0.2, -0.15) is 0 Å². The SMILES string of the molecule is CC(C)[C@@H](C)NC(=O)COc1ccccc1C(C)(C)C. The highest BCUT2D eigenvalue weighted by Gasteiger charge is 2.19. The molecule has 1 aromatic rings. The van der Waals surface area contributed by atoms with Crippen molar-refractivity contribution in [1.29, 1.82) is 0 Å². The van der Waals surface area contributed by atoms with Crippen LogP contribution in [-0.4, -0.2) is 18.6 Å². The van der Waals surface area contributed by atoms with Gasteiger partial charge in [0.2, 0.25) is 0 Å². The van der Waals surface area contributed by atoms with E-state index >= 15 is 0 Å². The topological polar surface area (TPSA) is 38.3 Å². The molecular formula is C17H27NO2. The van der Waals surface area contributed by atoms with Gasteiger partial charge in [-0.25, -0.2) is 0 Å². The second-order valence-electron chi connectivity index (χ2n) is 6.64. The average molecular weight is 277 g/mol. The van der Waals surface area contributed by atoms with E-state index in [2.05, 4.69) is 39.9 Å². The van der Waals surface area contributed by atoms with Crippen LogP contribution < -0.4 is 10.1 Å². The van der Waals surface area contributed by atoms with Gasteiger partial charge < -0.3 is 10.1 Å². The summed E-state index contributed by atoms with van der Waals surface area (Å²) in [7, 11) is 0. The summed E-state index contributed by atoms with van der Waals surface area (Å²) in [4.78, 5) is 11.9. The van der Waals surface area contributed by atoms with Crippen molar-refractivity contribution in [2.45, 2.75) is 53.0 Å². The first-order chi connectivity index (χ1) is 9.21. The molecule has 0 aliphatic heterocycles. The maximum Gasteiger partial charge on any atom is 0.258 e. The molecule has 1 rings (SSSR count). The number of rotatable bonds is 5. The van der Waals surface area contributed by atoms with Gasteiger partial charge in [0.05, 0.1) is 0 Å². The zero-order chi connectivity index (χ0) is 15.3. The molecule has 1 atom stereocenters. The molecule has 0 aliphatic carbocycles. The number of benzene rings is 1. The Balaban J connectivity index is 2.65. The van der Waals surface area contributed by atoms with Crippen molar-refractivity contribution < 1.29 is 9.53 Å². The summed E-state index contributed by atoms with van der Waals surface area (Å²) in [5.74, 6) is 1.13. The number of hydrogen-bond donors (Lipinski definition) is 1. The van der Waals surface area contributed by atoms with Crippen molar-refractivity contribution in [2.75, 3.05) is 6.61 Å². The van der Waals surface area contributed by atoms with Crippen molar-refractivity contribution >= 4 is 5.91 Å². The van der Waals surface area contributed by atoms with Crippen LogP contribution in [0.4, 0.5) is 0 Å². The second-order valence-corrected chi connectivity index (χ2v) is 6.64. The lowest BCUT2D eigenvalue weighted by molar-refractivity contribution is -0.124. The molecule has 0 bridgehead atoms. The fourth-order valence-corrected chi connectivity index (χ4v) is 1.82. The molecule has 0 aromatic heterocycles. The quantitative estimate of drug-likeness (QED) is 0.894. The molecule has 0 aliphatic rings. The molecule has 0 fully saturated rings. The Labute approximate surface area is 122 Å². The molecule has 0 unspecified atom stereocenters. The van der Waals surface area contributed by atoms with Gasteiger partial charge in [-0.05, 0) is 29.9 Å². The molecule has 0 spiro atoms. The van der Waals surface area contributed by atoms with Gasteiger partial charge in [-0.15, -0.1) is 0 Å². The Morgan fingerprint density at radius 1 is 1.20 bits per heavy atom. The standard InChI is InChI=1S/C17H27NO2/c1-12(2)13(3)18-16(19)11-20-15-10-8-7-9-14(15)17(4,5)6/h7-10,12-13H,11H2,1-6H3,(H,18,19)/t13-/m1/s1. The van der Waals surface area contributed by atoms with Gasteiger partial charge in [0.15, 0.2) is 6.61 Å². The highest BCUT2D eigenvalue weighted by Crippen LogP contribution is 2.30. The minimum Gasteiger partial charge on any atom is -0.483 e. The van der Waals surface area contributed by atoms with E-state index in [4.69, 9.17) is 4.74 Å². The number of para-hydroxylation sites is 1. The smallest absolute Gasteiger partial charge is 0.258 e. The molecule has 3 heteroatoms. The highest BCUT2D eigenvalue weighted by molar-refractivity contribution is 5.77. The van der Waals surface area contributed by atoms with Crippen LogP contribution in [0.2, 0.25) is 0 Å². The van der Waals surface area contributed by atoms with Crippen molar-refractivity contribution in [3.8, 4) is 5.75 Å². The van der Waals surface area contributed by atoms with E-state index in [1.54, 1.807) is 0 Å². The van der Waals surface area contributed by atoms with Crippen LogP contribution >= 0.6 is 0 Å². The monoisotopic (exact) mass is 277 g/mol. The van der Waals surface area contributed by atoms with Gasteiger partial charge in [0.1, 0.15) is 5.75 Å². The number of ether oxygens (including phenoxy) is 1. The van der Waals surface area contributed by atoms with Crippen LogP contribution in [0.3, 0.4) is 0 Å². The van der Waals surface area contributed by atoms with Crippen LogP contribution in [-0.2, 0) is 10.2 Å². The molecule has 0 radical (unpaired) electrons. The summed E-state index contributed by atoms with van der Waals surface area (Å²) in [6.07, 6.45) is 0. The fourth-order valence-electron chi connectivity index (χ4n) is 1.82.